The number of hydrogen-bond donors (Lipinski definition) is 0. The lowest BCUT2D eigenvalue weighted by molar-refractivity contribution is -0.118. The van der Waals surface area contributed by atoms with E-state index in [9.17, 15) is 4.79 Å². The van der Waals surface area contributed by atoms with Crippen LogP contribution in [0.2, 0.25) is 0 Å². The zero-order valence-corrected chi connectivity index (χ0v) is 7.63. The van der Waals surface area contributed by atoms with Crippen LogP contribution in [0, 0.1) is 11.8 Å². The third kappa shape index (κ3) is 0.889. The molecule has 0 N–H and O–H groups in total. The van der Waals surface area contributed by atoms with Crippen LogP contribution in [0.4, 0.5) is 0 Å². The van der Waals surface area contributed by atoms with Crippen LogP contribution in [0.15, 0.2) is 23.3 Å². The van der Waals surface area contributed by atoms with Crippen LogP contribution in [0.1, 0.15) is 26.7 Å². The first-order valence-electron chi connectivity index (χ1n) is 4.65. The van der Waals surface area contributed by atoms with Gasteiger partial charge in [-0.05, 0) is 18.8 Å². The SMILES string of the molecule is CC1C(=O)C2=C(CCC=C2)C1C. The van der Waals surface area contributed by atoms with E-state index in [0.29, 0.717) is 11.7 Å². The zero-order valence-electron chi connectivity index (χ0n) is 7.63. The fourth-order valence-corrected chi connectivity index (χ4v) is 2.17. The molecule has 0 aromatic carbocycles. The Morgan fingerprint density at radius 3 is 2.75 bits per heavy atom. The van der Waals surface area contributed by atoms with Gasteiger partial charge in [0.05, 0.1) is 0 Å². The first kappa shape index (κ1) is 7.78. The van der Waals surface area contributed by atoms with Crippen molar-refractivity contribution in [2.24, 2.45) is 11.8 Å². The second-order valence-corrected chi connectivity index (χ2v) is 3.82. The molecule has 0 amide bonds. The Balaban J connectivity index is 2.42. The Kier molecular flexibility index (Phi) is 1.67. The molecule has 0 fully saturated rings. The van der Waals surface area contributed by atoms with E-state index in [-0.39, 0.29) is 5.92 Å². The fraction of sp³-hybridized carbons (Fsp3) is 0.545. The smallest absolute Gasteiger partial charge is 0.166 e. The van der Waals surface area contributed by atoms with Gasteiger partial charge in [0.1, 0.15) is 0 Å². The molecule has 1 heteroatoms. The molecule has 0 aromatic rings. The van der Waals surface area contributed by atoms with Crippen LogP contribution >= 0.6 is 0 Å². The van der Waals surface area contributed by atoms with Gasteiger partial charge in [-0.15, -0.1) is 0 Å². The summed E-state index contributed by atoms with van der Waals surface area (Å²) in [7, 11) is 0. The fourth-order valence-electron chi connectivity index (χ4n) is 2.17. The number of hydrogen-bond acceptors (Lipinski definition) is 1. The average molecular weight is 162 g/mol. The Morgan fingerprint density at radius 1 is 1.33 bits per heavy atom. The van der Waals surface area contributed by atoms with Crippen molar-refractivity contribution >= 4 is 5.78 Å². The number of ketones is 1. The molecule has 64 valence electrons. The van der Waals surface area contributed by atoms with Crippen LogP contribution < -0.4 is 0 Å². The van der Waals surface area contributed by atoms with Crippen molar-refractivity contribution in [3.63, 3.8) is 0 Å². The van der Waals surface area contributed by atoms with Gasteiger partial charge in [0, 0.05) is 11.5 Å². The molecule has 2 rings (SSSR count). The number of carbonyl (C=O) groups excluding carboxylic acids is 1. The minimum Gasteiger partial charge on any atom is -0.294 e. The molecule has 0 aromatic heterocycles. The summed E-state index contributed by atoms with van der Waals surface area (Å²) >= 11 is 0. The van der Waals surface area contributed by atoms with Crippen LogP contribution in [-0.2, 0) is 4.79 Å². The first-order valence-corrected chi connectivity index (χ1v) is 4.65. The quantitative estimate of drug-likeness (QED) is 0.535. The van der Waals surface area contributed by atoms with Crippen molar-refractivity contribution in [1.29, 1.82) is 0 Å². The van der Waals surface area contributed by atoms with Crippen molar-refractivity contribution < 1.29 is 4.79 Å². The summed E-state index contributed by atoms with van der Waals surface area (Å²) in [4.78, 5) is 11.6. The highest BCUT2D eigenvalue weighted by atomic mass is 16.1. The van der Waals surface area contributed by atoms with Gasteiger partial charge in [-0.2, -0.15) is 0 Å². The van der Waals surface area contributed by atoms with E-state index in [1.165, 1.54) is 5.57 Å². The minimum absolute atomic E-state index is 0.220. The summed E-state index contributed by atoms with van der Waals surface area (Å²) < 4.78 is 0. The summed E-state index contributed by atoms with van der Waals surface area (Å²) in [6, 6.07) is 0. The topological polar surface area (TPSA) is 17.1 Å². The molecule has 0 saturated carbocycles. The van der Waals surface area contributed by atoms with Crippen molar-refractivity contribution in [1.82, 2.24) is 0 Å². The molecule has 2 aliphatic carbocycles. The standard InChI is InChI=1S/C11H14O/c1-7-8(2)11(12)10-6-4-3-5-9(7)10/h4,6-8H,3,5H2,1-2H3. The van der Waals surface area contributed by atoms with Crippen molar-refractivity contribution in [2.45, 2.75) is 26.7 Å². The lowest BCUT2D eigenvalue weighted by Gasteiger charge is -2.13. The summed E-state index contributed by atoms with van der Waals surface area (Å²) in [6.07, 6.45) is 6.34. The van der Waals surface area contributed by atoms with E-state index >= 15 is 0 Å². The molecule has 0 radical (unpaired) electrons. The van der Waals surface area contributed by atoms with E-state index < -0.39 is 0 Å². The summed E-state index contributed by atoms with van der Waals surface area (Å²) in [6.45, 7) is 4.21. The van der Waals surface area contributed by atoms with Gasteiger partial charge in [0.25, 0.3) is 0 Å². The van der Waals surface area contributed by atoms with Gasteiger partial charge in [-0.25, -0.2) is 0 Å². The van der Waals surface area contributed by atoms with E-state index in [1.807, 2.05) is 13.0 Å². The summed E-state index contributed by atoms with van der Waals surface area (Å²) in [5.41, 5.74) is 2.41. The molecular weight excluding hydrogens is 148 g/mol. The molecule has 2 unspecified atom stereocenters. The highest BCUT2D eigenvalue weighted by molar-refractivity contribution is 6.03. The monoisotopic (exact) mass is 162 g/mol. The predicted octanol–water partition coefficient (Wildman–Crippen LogP) is 2.49. The van der Waals surface area contributed by atoms with Gasteiger partial charge < -0.3 is 0 Å². The van der Waals surface area contributed by atoms with Crippen molar-refractivity contribution in [3.05, 3.63) is 23.3 Å². The number of rotatable bonds is 0. The Morgan fingerprint density at radius 2 is 2.08 bits per heavy atom. The molecule has 0 saturated heterocycles. The first-order chi connectivity index (χ1) is 5.72. The third-order valence-corrected chi connectivity index (χ3v) is 3.19. The van der Waals surface area contributed by atoms with Gasteiger partial charge in [0.15, 0.2) is 5.78 Å². The van der Waals surface area contributed by atoms with Gasteiger partial charge in [-0.3, -0.25) is 4.79 Å². The number of carbonyl (C=O) groups is 1. The van der Waals surface area contributed by atoms with Crippen molar-refractivity contribution in [3.8, 4) is 0 Å². The maximum Gasteiger partial charge on any atom is 0.166 e. The second-order valence-electron chi connectivity index (χ2n) is 3.82. The van der Waals surface area contributed by atoms with Gasteiger partial charge >= 0.3 is 0 Å². The molecular formula is C11H14O. The lowest BCUT2D eigenvalue weighted by atomic mass is 9.91. The van der Waals surface area contributed by atoms with E-state index in [1.54, 1.807) is 0 Å². The molecule has 0 heterocycles. The third-order valence-electron chi connectivity index (χ3n) is 3.19. The van der Waals surface area contributed by atoms with E-state index in [2.05, 4.69) is 13.0 Å². The minimum atomic E-state index is 0.220. The molecule has 0 aliphatic heterocycles. The highest BCUT2D eigenvalue weighted by Gasteiger charge is 2.35. The Bertz CT molecular complexity index is 283. The highest BCUT2D eigenvalue weighted by Crippen LogP contribution is 2.38. The normalized spacial score (nSPS) is 34.3. The average Bonchev–Trinajstić information content (AvgIpc) is 2.33. The van der Waals surface area contributed by atoms with Crippen LogP contribution in [0.5, 0.6) is 0 Å². The molecule has 0 spiro atoms. The van der Waals surface area contributed by atoms with Gasteiger partial charge in [0.2, 0.25) is 0 Å². The zero-order chi connectivity index (χ0) is 8.72. The molecule has 12 heavy (non-hydrogen) atoms. The van der Waals surface area contributed by atoms with Crippen molar-refractivity contribution in [2.75, 3.05) is 0 Å². The summed E-state index contributed by atoms with van der Waals surface area (Å²) in [5.74, 6) is 1.06. The van der Waals surface area contributed by atoms with Gasteiger partial charge in [-0.1, -0.05) is 31.6 Å². The van der Waals surface area contributed by atoms with Crippen LogP contribution in [0.25, 0.3) is 0 Å². The maximum absolute atomic E-state index is 11.6. The molecule has 1 nitrogen and oxygen atoms in total. The Hall–Kier alpha value is -0.850. The number of Topliss-reactive ketones (excluding diaryl/α,β-unsaturated/α-hetero) is 1. The molecule has 2 aliphatic rings. The summed E-state index contributed by atoms with van der Waals surface area (Å²) in [5, 5.41) is 0. The van der Waals surface area contributed by atoms with E-state index in [0.717, 1.165) is 18.4 Å². The lowest BCUT2D eigenvalue weighted by Crippen LogP contribution is -2.10. The Labute approximate surface area is 73.2 Å². The largest absolute Gasteiger partial charge is 0.294 e. The second kappa shape index (κ2) is 2.58. The van der Waals surface area contributed by atoms with E-state index in [4.69, 9.17) is 0 Å². The maximum atomic E-state index is 11.6. The van der Waals surface area contributed by atoms with Crippen LogP contribution in [-0.4, -0.2) is 5.78 Å². The number of allylic oxidation sites excluding steroid dienone is 4. The molecule has 2 atom stereocenters. The predicted molar refractivity (Wildman–Crippen MR) is 48.7 cm³/mol. The molecule has 0 bridgehead atoms. The van der Waals surface area contributed by atoms with Crippen LogP contribution in [0.3, 0.4) is 0 Å².